The fourth-order valence-corrected chi connectivity index (χ4v) is 2.02. The highest BCUT2D eigenvalue weighted by Crippen LogP contribution is 2.28. The number of carbonyl (C=O) groups excluding carboxylic acids is 1. The predicted molar refractivity (Wildman–Crippen MR) is 87.6 cm³/mol. The zero-order chi connectivity index (χ0) is 16.1. The van der Waals surface area contributed by atoms with E-state index in [1.54, 1.807) is 49.4 Å². The Morgan fingerprint density at radius 3 is 2.64 bits per heavy atom. The van der Waals surface area contributed by atoms with E-state index in [9.17, 15) is 4.79 Å². The highest BCUT2D eigenvalue weighted by atomic mass is 35.5. The minimum atomic E-state index is -0.731. The number of nitrogen functional groups attached to an aromatic ring is 1. The van der Waals surface area contributed by atoms with Crippen molar-refractivity contribution in [2.24, 2.45) is 0 Å². The number of ether oxygens (including phenoxy) is 2. The van der Waals surface area contributed by atoms with Crippen LogP contribution in [0.5, 0.6) is 11.5 Å². The lowest BCUT2D eigenvalue weighted by molar-refractivity contribution is -0.122. The number of hydrogen-bond acceptors (Lipinski definition) is 4. The molecule has 0 saturated carbocycles. The molecule has 0 aliphatic heterocycles. The maximum absolute atomic E-state index is 12.2. The SMILES string of the molecule is COc1ccc(N)cc1NC(=O)C(C)Oc1ccccc1Cl. The highest BCUT2D eigenvalue weighted by Gasteiger charge is 2.17. The van der Waals surface area contributed by atoms with Gasteiger partial charge in [0, 0.05) is 5.69 Å². The van der Waals surface area contributed by atoms with Crippen LogP contribution in [0, 0.1) is 0 Å². The maximum atomic E-state index is 12.2. The van der Waals surface area contributed by atoms with Gasteiger partial charge in [0.15, 0.2) is 6.10 Å². The van der Waals surface area contributed by atoms with Gasteiger partial charge >= 0.3 is 0 Å². The van der Waals surface area contributed by atoms with Gasteiger partial charge in [0.2, 0.25) is 0 Å². The normalized spacial score (nSPS) is 11.6. The van der Waals surface area contributed by atoms with Crippen LogP contribution in [0.15, 0.2) is 42.5 Å². The summed E-state index contributed by atoms with van der Waals surface area (Å²) in [4.78, 5) is 12.2. The molecule has 1 atom stereocenters. The molecule has 1 amide bonds. The van der Waals surface area contributed by atoms with Crippen molar-refractivity contribution in [1.82, 2.24) is 0 Å². The van der Waals surface area contributed by atoms with E-state index in [2.05, 4.69) is 5.32 Å². The van der Waals surface area contributed by atoms with E-state index in [0.29, 0.717) is 27.9 Å². The zero-order valence-electron chi connectivity index (χ0n) is 12.3. The predicted octanol–water partition coefficient (Wildman–Crippen LogP) is 3.34. The minimum Gasteiger partial charge on any atom is -0.495 e. The Bertz CT molecular complexity index is 676. The maximum Gasteiger partial charge on any atom is 0.265 e. The summed E-state index contributed by atoms with van der Waals surface area (Å²) in [6.07, 6.45) is -0.731. The van der Waals surface area contributed by atoms with Crippen LogP contribution in [-0.2, 0) is 4.79 Å². The molecule has 116 valence electrons. The Balaban J connectivity index is 2.09. The number of carbonyl (C=O) groups is 1. The third kappa shape index (κ3) is 3.83. The van der Waals surface area contributed by atoms with Gasteiger partial charge in [-0.25, -0.2) is 0 Å². The Morgan fingerprint density at radius 2 is 1.95 bits per heavy atom. The second kappa shape index (κ2) is 7.04. The molecule has 0 aromatic heterocycles. The molecule has 0 heterocycles. The fraction of sp³-hybridized carbons (Fsp3) is 0.188. The van der Waals surface area contributed by atoms with E-state index >= 15 is 0 Å². The molecule has 0 aliphatic rings. The Kier molecular flexibility index (Phi) is 5.12. The van der Waals surface area contributed by atoms with Crippen LogP contribution in [0.1, 0.15) is 6.92 Å². The van der Waals surface area contributed by atoms with Crippen molar-refractivity contribution in [3.63, 3.8) is 0 Å². The van der Waals surface area contributed by atoms with Crippen molar-refractivity contribution in [3.8, 4) is 11.5 Å². The van der Waals surface area contributed by atoms with E-state index in [-0.39, 0.29) is 5.91 Å². The van der Waals surface area contributed by atoms with Gasteiger partial charge in [-0.15, -0.1) is 0 Å². The molecule has 0 radical (unpaired) electrons. The summed E-state index contributed by atoms with van der Waals surface area (Å²) in [6.45, 7) is 1.64. The summed E-state index contributed by atoms with van der Waals surface area (Å²) in [5.41, 5.74) is 6.73. The molecular formula is C16H17ClN2O3. The minimum absolute atomic E-state index is 0.330. The number of methoxy groups -OCH3 is 1. The lowest BCUT2D eigenvalue weighted by atomic mass is 10.2. The first-order valence-corrected chi connectivity index (χ1v) is 7.04. The number of nitrogens with two attached hydrogens (primary N) is 1. The summed E-state index contributed by atoms with van der Waals surface area (Å²) in [5, 5.41) is 3.18. The number of rotatable bonds is 5. The quantitative estimate of drug-likeness (QED) is 0.829. The number of hydrogen-bond donors (Lipinski definition) is 2. The average Bonchev–Trinajstić information content (AvgIpc) is 2.49. The van der Waals surface area contributed by atoms with Crippen LogP contribution >= 0.6 is 11.6 Å². The first kappa shape index (κ1) is 16.0. The van der Waals surface area contributed by atoms with Gasteiger partial charge in [0.05, 0.1) is 17.8 Å². The van der Waals surface area contributed by atoms with Gasteiger partial charge < -0.3 is 20.5 Å². The molecule has 2 aromatic carbocycles. The van der Waals surface area contributed by atoms with Gasteiger partial charge in [0.25, 0.3) is 5.91 Å². The molecule has 6 heteroatoms. The highest BCUT2D eigenvalue weighted by molar-refractivity contribution is 6.32. The molecule has 22 heavy (non-hydrogen) atoms. The summed E-state index contributed by atoms with van der Waals surface area (Å²) in [6, 6.07) is 12.0. The number of nitrogens with one attached hydrogen (secondary N) is 1. The fourth-order valence-electron chi connectivity index (χ4n) is 1.84. The summed E-state index contributed by atoms with van der Waals surface area (Å²) < 4.78 is 10.8. The van der Waals surface area contributed by atoms with Crippen LogP contribution in [0.2, 0.25) is 5.02 Å². The van der Waals surface area contributed by atoms with Crippen LogP contribution < -0.4 is 20.5 Å². The molecule has 2 rings (SSSR count). The van der Waals surface area contributed by atoms with Gasteiger partial charge in [-0.1, -0.05) is 23.7 Å². The van der Waals surface area contributed by atoms with Crippen LogP contribution in [0.3, 0.4) is 0 Å². The second-order valence-corrected chi connectivity index (χ2v) is 5.05. The van der Waals surface area contributed by atoms with Crippen molar-refractivity contribution in [3.05, 3.63) is 47.5 Å². The van der Waals surface area contributed by atoms with E-state index in [0.717, 1.165) is 0 Å². The van der Waals surface area contributed by atoms with Gasteiger partial charge in [-0.05, 0) is 37.3 Å². The van der Waals surface area contributed by atoms with Crippen LogP contribution in [0.4, 0.5) is 11.4 Å². The number of amides is 1. The first-order valence-electron chi connectivity index (χ1n) is 6.67. The molecule has 0 bridgehead atoms. The standard InChI is InChI=1S/C16H17ClN2O3/c1-10(22-14-6-4-3-5-12(14)17)16(20)19-13-9-11(18)7-8-15(13)21-2/h3-10H,18H2,1-2H3,(H,19,20). The lowest BCUT2D eigenvalue weighted by Crippen LogP contribution is -2.30. The molecule has 2 aromatic rings. The molecule has 0 aliphatic carbocycles. The van der Waals surface area contributed by atoms with Crippen molar-refractivity contribution in [1.29, 1.82) is 0 Å². The molecule has 3 N–H and O–H groups in total. The largest absolute Gasteiger partial charge is 0.495 e. The van der Waals surface area contributed by atoms with Gasteiger partial charge in [-0.2, -0.15) is 0 Å². The van der Waals surface area contributed by atoms with E-state index < -0.39 is 6.10 Å². The van der Waals surface area contributed by atoms with Crippen LogP contribution in [0.25, 0.3) is 0 Å². The number of benzene rings is 2. The Morgan fingerprint density at radius 1 is 1.23 bits per heavy atom. The van der Waals surface area contributed by atoms with Crippen molar-refractivity contribution in [2.45, 2.75) is 13.0 Å². The van der Waals surface area contributed by atoms with E-state index in [4.69, 9.17) is 26.8 Å². The Hall–Kier alpha value is -2.40. The molecular weight excluding hydrogens is 304 g/mol. The van der Waals surface area contributed by atoms with Crippen molar-refractivity contribution >= 4 is 28.9 Å². The van der Waals surface area contributed by atoms with Crippen molar-refractivity contribution < 1.29 is 14.3 Å². The molecule has 5 nitrogen and oxygen atoms in total. The monoisotopic (exact) mass is 320 g/mol. The van der Waals surface area contributed by atoms with Gasteiger partial charge in [-0.3, -0.25) is 4.79 Å². The number of para-hydroxylation sites is 1. The number of anilines is 2. The van der Waals surface area contributed by atoms with Crippen LogP contribution in [-0.4, -0.2) is 19.1 Å². The van der Waals surface area contributed by atoms with Crippen molar-refractivity contribution in [2.75, 3.05) is 18.2 Å². The van der Waals surface area contributed by atoms with Gasteiger partial charge in [0.1, 0.15) is 11.5 Å². The summed E-state index contributed by atoms with van der Waals surface area (Å²) >= 11 is 6.01. The second-order valence-electron chi connectivity index (χ2n) is 4.64. The Labute approximate surface area is 134 Å². The summed E-state index contributed by atoms with van der Waals surface area (Å²) in [7, 11) is 1.52. The third-order valence-electron chi connectivity index (χ3n) is 2.99. The lowest BCUT2D eigenvalue weighted by Gasteiger charge is -2.17. The zero-order valence-corrected chi connectivity index (χ0v) is 13.1. The topological polar surface area (TPSA) is 73.6 Å². The number of halogens is 1. The average molecular weight is 321 g/mol. The van der Waals surface area contributed by atoms with E-state index in [1.807, 2.05) is 0 Å². The molecule has 0 saturated heterocycles. The first-order chi connectivity index (χ1) is 10.5. The molecule has 0 spiro atoms. The molecule has 0 fully saturated rings. The summed E-state index contributed by atoms with van der Waals surface area (Å²) in [5.74, 6) is 0.641. The third-order valence-corrected chi connectivity index (χ3v) is 3.30. The molecule has 1 unspecified atom stereocenters. The van der Waals surface area contributed by atoms with E-state index in [1.165, 1.54) is 7.11 Å². The smallest absolute Gasteiger partial charge is 0.265 e.